The molecular formula is C15H16ClN3OS. The highest BCUT2D eigenvalue weighted by atomic mass is 35.5. The van der Waals surface area contributed by atoms with Crippen LogP contribution >= 0.6 is 23.1 Å². The normalized spacial score (nSPS) is 16.1. The number of piperidine rings is 1. The van der Waals surface area contributed by atoms with Crippen molar-refractivity contribution >= 4 is 34.0 Å². The van der Waals surface area contributed by atoms with E-state index in [2.05, 4.69) is 9.27 Å². The van der Waals surface area contributed by atoms with Crippen molar-refractivity contribution in [2.24, 2.45) is 11.7 Å². The SMILES string of the molecule is NC(=O)C1CCN(c2snc(-c3ccccc3)c2Cl)CC1. The molecule has 1 aliphatic rings. The van der Waals surface area contributed by atoms with E-state index in [-0.39, 0.29) is 11.8 Å². The van der Waals surface area contributed by atoms with Gasteiger partial charge in [-0.15, -0.1) is 0 Å². The standard InChI is InChI=1S/C15H16ClN3OS/c16-12-13(10-4-2-1-3-5-10)18-21-15(12)19-8-6-11(7-9-19)14(17)20/h1-5,11H,6-9H2,(H2,17,20). The second-order valence-electron chi connectivity index (χ2n) is 5.18. The van der Waals surface area contributed by atoms with Gasteiger partial charge in [0, 0.05) is 24.6 Å². The number of anilines is 1. The molecule has 1 amide bonds. The first kappa shape index (κ1) is 14.4. The van der Waals surface area contributed by atoms with Gasteiger partial charge in [-0.05, 0) is 24.4 Å². The Morgan fingerprint density at radius 1 is 1.29 bits per heavy atom. The van der Waals surface area contributed by atoms with Gasteiger partial charge in [0.2, 0.25) is 5.91 Å². The number of carbonyl (C=O) groups is 1. The van der Waals surface area contributed by atoms with Crippen LogP contribution in [-0.2, 0) is 4.79 Å². The third-order valence-electron chi connectivity index (χ3n) is 3.85. The van der Waals surface area contributed by atoms with E-state index in [4.69, 9.17) is 17.3 Å². The molecule has 2 N–H and O–H groups in total. The third-order valence-corrected chi connectivity index (χ3v) is 5.23. The van der Waals surface area contributed by atoms with Crippen LogP contribution in [0.1, 0.15) is 12.8 Å². The Morgan fingerprint density at radius 3 is 2.57 bits per heavy atom. The van der Waals surface area contributed by atoms with Gasteiger partial charge in [-0.25, -0.2) is 0 Å². The summed E-state index contributed by atoms with van der Waals surface area (Å²) in [6.07, 6.45) is 1.56. The van der Waals surface area contributed by atoms with Crippen molar-refractivity contribution in [2.45, 2.75) is 12.8 Å². The molecule has 1 fully saturated rings. The van der Waals surface area contributed by atoms with Crippen LogP contribution in [-0.4, -0.2) is 23.4 Å². The van der Waals surface area contributed by atoms with Gasteiger partial charge >= 0.3 is 0 Å². The monoisotopic (exact) mass is 321 g/mol. The molecule has 1 saturated heterocycles. The van der Waals surface area contributed by atoms with Crippen LogP contribution in [0.2, 0.25) is 5.02 Å². The smallest absolute Gasteiger partial charge is 0.220 e. The number of amides is 1. The summed E-state index contributed by atoms with van der Waals surface area (Å²) in [6, 6.07) is 9.93. The Hall–Kier alpha value is -1.59. The van der Waals surface area contributed by atoms with Crippen LogP contribution in [0.25, 0.3) is 11.3 Å². The highest BCUT2D eigenvalue weighted by Crippen LogP contribution is 2.40. The quantitative estimate of drug-likeness (QED) is 0.944. The molecule has 0 atom stereocenters. The number of carbonyl (C=O) groups excluding carboxylic acids is 1. The van der Waals surface area contributed by atoms with Crippen LogP contribution in [0.4, 0.5) is 5.00 Å². The van der Waals surface area contributed by atoms with Crippen molar-refractivity contribution in [1.82, 2.24) is 4.37 Å². The van der Waals surface area contributed by atoms with Gasteiger partial charge < -0.3 is 10.6 Å². The predicted octanol–water partition coefficient (Wildman–Crippen LogP) is 3.17. The Labute approximate surface area is 132 Å². The van der Waals surface area contributed by atoms with Gasteiger partial charge in [0.25, 0.3) is 0 Å². The summed E-state index contributed by atoms with van der Waals surface area (Å²) < 4.78 is 4.49. The number of aromatic nitrogens is 1. The van der Waals surface area contributed by atoms with E-state index in [1.54, 1.807) is 0 Å². The Balaban J connectivity index is 1.79. The highest BCUT2D eigenvalue weighted by molar-refractivity contribution is 7.11. The summed E-state index contributed by atoms with van der Waals surface area (Å²) >= 11 is 7.92. The van der Waals surface area contributed by atoms with Crippen LogP contribution in [0.5, 0.6) is 0 Å². The molecule has 1 aliphatic heterocycles. The summed E-state index contributed by atoms with van der Waals surface area (Å²) in [5.41, 5.74) is 7.22. The molecule has 4 nitrogen and oxygen atoms in total. The topological polar surface area (TPSA) is 59.2 Å². The number of hydrogen-bond donors (Lipinski definition) is 1. The molecule has 0 aliphatic carbocycles. The number of halogens is 1. The molecule has 3 rings (SSSR count). The van der Waals surface area contributed by atoms with Crippen LogP contribution in [0.15, 0.2) is 30.3 Å². The minimum Gasteiger partial charge on any atom is -0.369 e. The van der Waals surface area contributed by atoms with Crippen molar-refractivity contribution in [1.29, 1.82) is 0 Å². The first-order valence-corrected chi connectivity index (χ1v) is 8.07. The molecule has 1 aromatic heterocycles. The molecule has 0 saturated carbocycles. The number of benzene rings is 1. The lowest BCUT2D eigenvalue weighted by molar-refractivity contribution is -0.122. The van der Waals surface area contributed by atoms with Gasteiger partial charge in [0.1, 0.15) is 15.7 Å². The van der Waals surface area contributed by atoms with E-state index in [0.717, 1.165) is 42.2 Å². The highest BCUT2D eigenvalue weighted by Gasteiger charge is 2.26. The lowest BCUT2D eigenvalue weighted by atomic mass is 9.96. The number of nitrogens with zero attached hydrogens (tertiary/aromatic N) is 2. The first-order valence-electron chi connectivity index (χ1n) is 6.91. The molecule has 0 spiro atoms. The van der Waals surface area contributed by atoms with Crippen LogP contribution < -0.4 is 10.6 Å². The Bertz CT molecular complexity index is 636. The lowest BCUT2D eigenvalue weighted by Gasteiger charge is -2.31. The number of rotatable bonds is 3. The van der Waals surface area contributed by atoms with Crippen molar-refractivity contribution in [3.63, 3.8) is 0 Å². The van der Waals surface area contributed by atoms with Crippen molar-refractivity contribution in [2.75, 3.05) is 18.0 Å². The summed E-state index contributed by atoms with van der Waals surface area (Å²) in [6.45, 7) is 1.59. The van der Waals surface area contributed by atoms with Gasteiger partial charge in [0.15, 0.2) is 0 Å². The number of nitrogens with two attached hydrogens (primary N) is 1. The van der Waals surface area contributed by atoms with Crippen LogP contribution in [0, 0.1) is 5.92 Å². The average molecular weight is 322 g/mol. The minimum absolute atomic E-state index is 0.0125. The molecule has 2 heterocycles. The molecular weight excluding hydrogens is 306 g/mol. The van der Waals surface area contributed by atoms with Gasteiger partial charge in [-0.2, -0.15) is 4.37 Å². The van der Waals surface area contributed by atoms with Crippen molar-refractivity contribution < 1.29 is 4.79 Å². The van der Waals surface area contributed by atoms with E-state index in [0.29, 0.717) is 5.02 Å². The molecule has 1 aromatic carbocycles. The zero-order valence-corrected chi connectivity index (χ0v) is 13.0. The van der Waals surface area contributed by atoms with E-state index >= 15 is 0 Å². The predicted molar refractivity (Wildman–Crippen MR) is 86.7 cm³/mol. The number of primary amides is 1. The molecule has 21 heavy (non-hydrogen) atoms. The molecule has 110 valence electrons. The van der Waals surface area contributed by atoms with Crippen molar-refractivity contribution in [3.8, 4) is 11.3 Å². The summed E-state index contributed by atoms with van der Waals surface area (Å²) in [7, 11) is 0. The molecule has 2 aromatic rings. The van der Waals surface area contributed by atoms with Gasteiger partial charge in [-0.3, -0.25) is 4.79 Å². The van der Waals surface area contributed by atoms with Crippen molar-refractivity contribution in [3.05, 3.63) is 35.4 Å². The average Bonchev–Trinajstić information content (AvgIpc) is 2.90. The van der Waals surface area contributed by atoms with E-state index < -0.39 is 0 Å². The van der Waals surface area contributed by atoms with E-state index in [9.17, 15) is 4.79 Å². The van der Waals surface area contributed by atoms with Crippen LogP contribution in [0.3, 0.4) is 0 Å². The largest absolute Gasteiger partial charge is 0.369 e. The maximum atomic E-state index is 11.2. The first-order chi connectivity index (χ1) is 10.2. The second-order valence-corrected chi connectivity index (χ2v) is 6.31. The molecule has 0 bridgehead atoms. The maximum Gasteiger partial charge on any atom is 0.220 e. The summed E-state index contributed by atoms with van der Waals surface area (Å²) in [5, 5.41) is 1.68. The fourth-order valence-corrected chi connectivity index (χ4v) is 3.88. The summed E-state index contributed by atoms with van der Waals surface area (Å²) in [4.78, 5) is 13.4. The third kappa shape index (κ3) is 2.89. The van der Waals surface area contributed by atoms with E-state index in [1.165, 1.54) is 11.5 Å². The maximum absolute atomic E-state index is 11.2. The van der Waals surface area contributed by atoms with E-state index in [1.807, 2.05) is 30.3 Å². The second kappa shape index (κ2) is 6.03. The Kier molecular flexibility index (Phi) is 4.12. The molecule has 0 unspecified atom stereocenters. The summed E-state index contributed by atoms with van der Waals surface area (Å²) in [5.74, 6) is -0.212. The molecule has 0 radical (unpaired) electrons. The van der Waals surface area contributed by atoms with Gasteiger partial charge in [-0.1, -0.05) is 41.9 Å². The minimum atomic E-state index is -0.199. The Morgan fingerprint density at radius 2 is 1.95 bits per heavy atom. The fourth-order valence-electron chi connectivity index (χ4n) is 2.61. The molecule has 6 heteroatoms. The fraction of sp³-hybridized carbons (Fsp3) is 0.333. The number of hydrogen-bond acceptors (Lipinski definition) is 4. The van der Waals surface area contributed by atoms with Gasteiger partial charge in [0.05, 0.1) is 0 Å². The lowest BCUT2D eigenvalue weighted by Crippen LogP contribution is -2.38. The zero-order valence-electron chi connectivity index (χ0n) is 11.5. The zero-order chi connectivity index (χ0) is 14.8.